The van der Waals surface area contributed by atoms with Crippen molar-refractivity contribution in [1.29, 1.82) is 0 Å². The molecule has 0 aliphatic rings. The van der Waals surface area contributed by atoms with Gasteiger partial charge in [-0.2, -0.15) is 0 Å². The van der Waals surface area contributed by atoms with Crippen molar-refractivity contribution in [2.24, 2.45) is 5.73 Å². The first-order valence-electron chi connectivity index (χ1n) is 4.06. The topological polar surface area (TPSA) is 68.0 Å². The fourth-order valence-corrected chi connectivity index (χ4v) is 1.59. The van der Waals surface area contributed by atoms with E-state index in [4.69, 9.17) is 5.73 Å². The minimum atomic E-state index is -0.103. The van der Waals surface area contributed by atoms with Crippen LogP contribution in [0.4, 0.5) is 5.00 Å². The molecule has 0 bridgehead atoms. The molecule has 0 fully saturated rings. The highest BCUT2D eigenvalue weighted by molar-refractivity contribution is 7.15. The molecule has 1 aromatic heterocycles. The van der Waals surface area contributed by atoms with Gasteiger partial charge in [-0.3, -0.25) is 4.79 Å². The third-order valence-electron chi connectivity index (χ3n) is 1.39. The molecule has 1 atom stereocenters. The van der Waals surface area contributed by atoms with Gasteiger partial charge in [-0.05, 0) is 13.8 Å². The maximum atomic E-state index is 11.2. The Hall–Kier alpha value is -0.650. The Morgan fingerprint density at radius 1 is 1.79 bits per heavy atom. The second-order valence-corrected chi connectivity index (χ2v) is 4.21. The minimum absolute atomic E-state index is 0. The van der Waals surface area contributed by atoms with Gasteiger partial charge in [0.15, 0.2) is 0 Å². The maximum absolute atomic E-state index is 11.2. The summed E-state index contributed by atoms with van der Waals surface area (Å²) in [6, 6.07) is -0.103. The maximum Gasteiger partial charge on any atom is 0.226 e. The Morgan fingerprint density at radius 2 is 2.43 bits per heavy atom. The molecule has 0 aliphatic carbocycles. The molecule has 0 aliphatic heterocycles. The number of halogens is 1. The van der Waals surface area contributed by atoms with Crippen LogP contribution < -0.4 is 11.1 Å². The molecule has 6 heteroatoms. The number of carbonyl (C=O) groups excluding carboxylic acids is 1. The standard InChI is InChI=1S/C8H13N3OS.ClH/c1-5(9)3-7(12)11-8-4-10-6(2)13-8;/h4-5H,3,9H2,1-2H3,(H,11,12);1H. The lowest BCUT2D eigenvalue weighted by atomic mass is 10.2. The zero-order valence-electron chi connectivity index (χ0n) is 8.11. The smallest absolute Gasteiger partial charge is 0.226 e. The zero-order valence-corrected chi connectivity index (χ0v) is 9.74. The SMILES string of the molecule is Cc1ncc(NC(=O)CC(C)N)s1.Cl. The number of hydrogen-bond donors (Lipinski definition) is 2. The van der Waals surface area contributed by atoms with E-state index in [1.807, 2.05) is 6.92 Å². The number of amides is 1. The van der Waals surface area contributed by atoms with Crippen LogP contribution in [-0.2, 0) is 4.79 Å². The van der Waals surface area contributed by atoms with Gasteiger partial charge in [-0.25, -0.2) is 4.98 Å². The van der Waals surface area contributed by atoms with E-state index in [1.165, 1.54) is 11.3 Å². The third-order valence-corrected chi connectivity index (χ3v) is 2.22. The highest BCUT2D eigenvalue weighted by Gasteiger charge is 2.06. The third kappa shape index (κ3) is 4.55. The van der Waals surface area contributed by atoms with Crippen LogP contribution in [0.25, 0.3) is 0 Å². The highest BCUT2D eigenvalue weighted by Crippen LogP contribution is 2.17. The molecule has 14 heavy (non-hydrogen) atoms. The van der Waals surface area contributed by atoms with E-state index in [2.05, 4.69) is 10.3 Å². The van der Waals surface area contributed by atoms with Crippen molar-refractivity contribution >= 4 is 34.7 Å². The summed E-state index contributed by atoms with van der Waals surface area (Å²) in [4.78, 5) is 15.2. The van der Waals surface area contributed by atoms with Crippen LogP contribution in [-0.4, -0.2) is 16.9 Å². The van der Waals surface area contributed by atoms with Crippen molar-refractivity contribution in [1.82, 2.24) is 4.98 Å². The Labute approximate surface area is 93.3 Å². The van der Waals surface area contributed by atoms with Gasteiger partial charge in [0.2, 0.25) is 5.91 Å². The van der Waals surface area contributed by atoms with Gasteiger partial charge in [-0.1, -0.05) is 0 Å². The first kappa shape index (κ1) is 13.4. The van der Waals surface area contributed by atoms with Crippen molar-refractivity contribution in [3.05, 3.63) is 11.2 Å². The van der Waals surface area contributed by atoms with Crippen molar-refractivity contribution in [3.8, 4) is 0 Å². The molecule has 0 spiro atoms. The number of nitrogens with zero attached hydrogens (tertiary/aromatic N) is 1. The molecule has 0 radical (unpaired) electrons. The van der Waals surface area contributed by atoms with Gasteiger partial charge in [0, 0.05) is 12.5 Å². The lowest BCUT2D eigenvalue weighted by Gasteiger charge is -2.03. The van der Waals surface area contributed by atoms with Gasteiger partial charge < -0.3 is 11.1 Å². The van der Waals surface area contributed by atoms with Crippen LogP contribution in [0.5, 0.6) is 0 Å². The number of aryl methyl sites for hydroxylation is 1. The average molecular weight is 236 g/mol. The number of nitrogens with two attached hydrogens (primary N) is 1. The number of rotatable bonds is 3. The molecule has 0 aromatic carbocycles. The van der Waals surface area contributed by atoms with Gasteiger partial charge in [-0.15, -0.1) is 23.7 Å². The molecule has 80 valence electrons. The highest BCUT2D eigenvalue weighted by atomic mass is 35.5. The summed E-state index contributed by atoms with van der Waals surface area (Å²) in [6.07, 6.45) is 2.00. The quantitative estimate of drug-likeness (QED) is 0.835. The first-order chi connectivity index (χ1) is 6.08. The van der Waals surface area contributed by atoms with E-state index >= 15 is 0 Å². The van der Waals surface area contributed by atoms with Crippen molar-refractivity contribution in [2.75, 3.05) is 5.32 Å². The van der Waals surface area contributed by atoms with Crippen LogP contribution in [0.1, 0.15) is 18.4 Å². The number of nitrogens with one attached hydrogen (secondary N) is 1. The molecule has 3 N–H and O–H groups in total. The molecule has 1 amide bonds. The van der Waals surface area contributed by atoms with Crippen LogP contribution >= 0.6 is 23.7 Å². The van der Waals surface area contributed by atoms with E-state index in [1.54, 1.807) is 13.1 Å². The summed E-state index contributed by atoms with van der Waals surface area (Å²) < 4.78 is 0. The first-order valence-corrected chi connectivity index (χ1v) is 4.87. The van der Waals surface area contributed by atoms with E-state index < -0.39 is 0 Å². The summed E-state index contributed by atoms with van der Waals surface area (Å²) in [5.74, 6) is -0.0568. The molecule has 1 rings (SSSR count). The van der Waals surface area contributed by atoms with Crippen LogP contribution in [0, 0.1) is 6.92 Å². The normalized spacial score (nSPS) is 11.6. The number of aromatic nitrogens is 1. The lowest BCUT2D eigenvalue weighted by molar-refractivity contribution is -0.116. The molecule has 1 heterocycles. The fraction of sp³-hybridized carbons (Fsp3) is 0.500. The van der Waals surface area contributed by atoms with E-state index in [0.717, 1.165) is 10.0 Å². The number of anilines is 1. The molecule has 0 saturated carbocycles. The Kier molecular flexibility index (Phi) is 5.68. The molecular weight excluding hydrogens is 222 g/mol. The summed E-state index contributed by atoms with van der Waals surface area (Å²) >= 11 is 1.46. The predicted octanol–water partition coefficient (Wildman–Crippen LogP) is 1.55. The Balaban J connectivity index is 0.00000169. The number of hydrogen-bond acceptors (Lipinski definition) is 4. The number of carbonyl (C=O) groups is 1. The predicted molar refractivity (Wildman–Crippen MR) is 61.0 cm³/mol. The van der Waals surface area contributed by atoms with Gasteiger partial charge >= 0.3 is 0 Å². The van der Waals surface area contributed by atoms with E-state index in [-0.39, 0.29) is 24.4 Å². The number of thiazole rings is 1. The molecule has 0 saturated heterocycles. The fourth-order valence-electron chi connectivity index (χ4n) is 0.900. The summed E-state index contributed by atoms with van der Waals surface area (Å²) in [6.45, 7) is 3.70. The van der Waals surface area contributed by atoms with Crippen LogP contribution in [0.3, 0.4) is 0 Å². The van der Waals surface area contributed by atoms with Crippen LogP contribution in [0.2, 0.25) is 0 Å². The van der Waals surface area contributed by atoms with Crippen molar-refractivity contribution in [2.45, 2.75) is 26.3 Å². The second kappa shape index (κ2) is 5.95. The summed E-state index contributed by atoms with van der Waals surface area (Å²) in [5, 5.41) is 4.45. The monoisotopic (exact) mass is 235 g/mol. The van der Waals surface area contributed by atoms with Gasteiger partial charge in [0.25, 0.3) is 0 Å². The molecule has 4 nitrogen and oxygen atoms in total. The summed E-state index contributed by atoms with van der Waals surface area (Å²) in [7, 11) is 0. The average Bonchev–Trinajstić information content (AvgIpc) is 2.33. The van der Waals surface area contributed by atoms with E-state index in [9.17, 15) is 4.79 Å². The van der Waals surface area contributed by atoms with Gasteiger partial charge in [0.1, 0.15) is 5.00 Å². The Morgan fingerprint density at radius 3 is 2.86 bits per heavy atom. The largest absolute Gasteiger partial charge is 0.327 e. The Bertz CT molecular complexity index is 301. The zero-order chi connectivity index (χ0) is 9.84. The van der Waals surface area contributed by atoms with Crippen molar-refractivity contribution in [3.63, 3.8) is 0 Å². The lowest BCUT2D eigenvalue weighted by Crippen LogP contribution is -2.23. The van der Waals surface area contributed by atoms with Crippen LogP contribution in [0.15, 0.2) is 6.20 Å². The van der Waals surface area contributed by atoms with Gasteiger partial charge in [0.05, 0.1) is 11.2 Å². The second-order valence-electron chi connectivity index (χ2n) is 2.97. The van der Waals surface area contributed by atoms with Crippen molar-refractivity contribution < 1.29 is 4.79 Å². The summed E-state index contributed by atoms with van der Waals surface area (Å²) in [5.41, 5.74) is 5.48. The molecule has 1 unspecified atom stereocenters. The molecule has 1 aromatic rings. The van der Waals surface area contributed by atoms with E-state index in [0.29, 0.717) is 6.42 Å². The minimum Gasteiger partial charge on any atom is -0.327 e. The molecular formula is C8H14ClN3OS.